The number of hydrogen-bond acceptors (Lipinski definition) is 5. The van der Waals surface area contributed by atoms with E-state index in [0.29, 0.717) is 26.0 Å². The van der Waals surface area contributed by atoms with Gasteiger partial charge in [-0.25, -0.2) is 4.79 Å². The highest BCUT2D eigenvalue weighted by molar-refractivity contribution is 5.68. The second kappa shape index (κ2) is 10.1. The van der Waals surface area contributed by atoms with Gasteiger partial charge in [-0.2, -0.15) is 0 Å². The van der Waals surface area contributed by atoms with Gasteiger partial charge in [0.1, 0.15) is 12.7 Å². The van der Waals surface area contributed by atoms with Gasteiger partial charge in [0.25, 0.3) is 0 Å². The van der Waals surface area contributed by atoms with Crippen LogP contribution in [-0.4, -0.2) is 48.4 Å². The normalized spacial score (nSPS) is 24.5. The third-order valence-electron chi connectivity index (χ3n) is 4.83. The molecule has 2 heterocycles. The van der Waals surface area contributed by atoms with Crippen LogP contribution in [0.15, 0.2) is 54.6 Å². The molecule has 0 radical (unpaired) electrons. The maximum absolute atomic E-state index is 12.6. The summed E-state index contributed by atoms with van der Waals surface area (Å²) in [6, 6.07) is 9.55. The molecule has 1 aromatic carbocycles. The molecule has 0 unspecified atom stereocenters. The van der Waals surface area contributed by atoms with Crippen LogP contribution in [0.5, 0.6) is 0 Å². The summed E-state index contributed by atoms with van der Waals surface area (Å²) < 4.78 is 16.7. The molecule has 0 saturated carbocycles. The topological polar surface area (TPSA) is 65.1 Å². The highest BCUT2D eigenvalue weighted by atomic mass is 16.6. The molecule has 3 atom stereocenters. The van der Waals surface area contributed by atoms with Crippen LogP contribution < -0.4 is 0 Å². The van der Waals surface area contributed by atoms with Gasteiger partial charge in [-0.05, 0) is 24.5 Å². The Labute approximate surface area is 165 Å². The predicted molar refractivity (Wildman–Crippen MR) is 105 cm³/mol. The van der Waals surface area contributed by atoms with E-state index in [0.717, 1.165) is 12.0 Å². The second-order valence-corrected chi connectivity index (χ2v) is 7.02. The van der Waals surface area contributed by atoms with Crippen LogP contribution in [0.1, 0.15) is 31.7 Å². The molecule has 0 aliphatic carbocycles. The minimum Gasteiger partial charge on any atom is -0.458 e. The van der Waals surface area contributed by atoms with Gasteiger partial charge in [0, 0.05) is 19.9 Å². The number of rotatable bonds is 5. The Morgan fingerprint density at radius 1 is 1.18 bits per heavy atom. The average Bonchev–Trinajstić information content (AvgIpc) is 2.91. The fourth-order valence-corrected chi connectivity index (χ4v) is 3.51. The van der Waals surface area contributed by atoms with Gasteiger partial charge in [-0.3, -0.25) is 4.79 Å². The van der Waals surface area contributed by atoms with Gasteiger partial charge >= 0.3 is 12.1 Å². The van der Waals surface area contributed by atoms with E-state index in [2.05, 4.69) is 6.08 Å². The van der Waals surface area contributed by atoms with E-state index >= 15 is 0 Å². The summed E-state index contributed by atoms with van der Waals surface area (Å²) in [5.41, 5.74) is 0.961. The fourth-order valence-electron chi connectivity index (χ4n) is 3.51. The Hall–Kier alpha value is -2.60. The minimum absolute atomic E-state index is 0.0990. The molecular formula is C22H27NO5. The summed E-state index contributed by atoms with van der Waals surface area (Å²) >= 11 is 0. The van der Waals surface area contributed by atoms with Crippen molar-refractivity contribution in [2.45, 2.75) is 51.0 Å². The standard InChI is InChI=1S/C22H27NO5/c1-17(24)28-20-11-7-13-26-21(15-20)14-19-10-5-6-12-23(19)22(25)27-16-18-8-3-2-4-9-18/h2-5,7-11,19-21H,6,12-16H2,1H3/t19-,20-,21+/m1/s1. The lowest BCUT2D eigenvalue weighted by atomic mass is 10.00. The van der Waals surface area contributed by atoms with Crippen molar-refractivity contribution in [2.75, 3.05) is 13.2 Å². The third kappa shape index (κ3) is 5.96. The summed E-state index contributed by atoms with van der Waals surface area (Å²) in [7, 11) is 0. The lowest BCUT2D eigenvalue weighted by molar-refractivity contribution is -0.145. The summed E-state index contributed by atoms with van der Waals surface area (Å²) in [6.07, 6.45) is 9.15. The van der Waals surface area contributed by atoms with Crippen molar-refractivity contribution in [3.05, 3.63) is 60.2 Å². The molecule has 1 amide bonds. The highest BCUT2D eigenvalue weighted by Gasteiger charge is 2.29. The summed E-state index contributed by atoms with van der Waals surface area (Å²) in [6.45, 7) is 2.75. The Bertz CT molecular complexity index is 715. The van der Waals surface area contributed by atoms with E-state index in [1.165, 1.54) is 6.92 Å². The van der Waals surface area contributed by atoms with Crippen LogP contribution in [0.3, 0.4) is 0 Å². The molecule has 6 heteroatoms. The van der Waals surface area contributed by atoms with Crippen molar-refractivity contribution in [3.8, 4) is 0 Å². The lowest BCUT2D eigenvalue weighted by Gasteiger charge is -2.34. The quantitative estimate of drug-likeness (QED) is 0.572. The molecular weight excluding hydrogens is 358 g/mol. The summed E-state index contributed by atoms with van der Waals surface area (Å²) in [5, 5.41) is 0. The number of ether oxygens (including phenoxy) is 3. The lowest BCUT2D eigenvalue weighted by Crippen LogP contribution is -2.44. The number of carbonyl (C=O) groups excluding carboxylic acids is 2. The molecule has 0 aromatic heterocycles. The van der Waals surface area contributed by atoms with E-state index in [-0.39, 0.29) is 36.9 Å². The first-order chi connectivity index (χ1) is 13.6. The van der Waals surface area contributed by atoms with E-state index in [1.54, 1.807) is 4.90 Å². The molecule has 0 N–H and O–H groups in total. The molecule has 3 rings (SSSR count). The molecule has 2 aliphatic rings. The minimum atomic E-state index is -0.318. The maximum Gasteiger partial charge on any atom is 0.410 e. The number of nitrogens with zero attached hydrogens (tertiary/aromatic N) is 1. The van der Waals surface area contributed by atoms with Crippen LogP contribution in [0, 0.1) is 0 Å². The van der Waals surface area contributed by atoms with E-state index in [9.17, 15) is 9.59 Å². The molecule has 150 valence electrons. The first kappa shape index (κ1) is 20.1. The Balaban J connectivity index is 1.57. The first-order valence-corrected chi connectivity index (χ1v) is 9.71. The van der Waals surface area contributed by atoms with Crippen molar-refractivity contribution in [1.29, 1.82) is 0 Å². The number of esters is 1. The monoisotopic (exact) mass is 385 g/mol. The smallest absolute Gasteiger partial charge is 0.410 e. The van der Waals surface area contributed by atoms with Crippen LogP contribution in [0.2, 0.25) is 0 Å². The summed E-state index contributed by atoms with van der Waals surface area (Å²) in [5.74, 6) is -0.307. The fraction of sp³-hybridized carbons (Fsp3) is 0.455. The van der Waals surface area contributed by atoms with Crippen molar-refractivity contribution in [3.63, 3.8) is 0 Å². The van der Waals surface area contributed by atoms with E-state index in [4.69, 9.17) is 14.2 Å². The van der Waals surface area contributed by atoms with Gasteiger partial charge in [0.2, 0.25) is 0 Å². The first-order valence-electron chi connectivity index (χ1n) is 9.71. The van der Waals surface area contributed by atoms with Crippen LogP contribution >= 0.6 is 0 Å². The molecule has 6 nitrogen and oxygen atoms in total. The van der Waals surface area contributed by atoms with Gasteiger partial charge in [0.05, 0.1) is 18.8 Å². The molecule has 2 aliphatic heterocycles. The Kier molecular flexibility index (Phi) is 7.25. The maximum atomic E-state index is 12.6. The van der Waals surface area contributed by atoms with E-state index < -0.39 is 0 Å². The zero-order chi connectivity index (χ0) is 19.8. The largest absolute Gasteiger partial charge is 0.458 e. The zero-order valence-corrected chi connectivity index (χ0v) is 16.2. The number of carbonyl (C=O) groups is 2. The SMILES string of the molecule is CC(=O)O[C@@H]1C=CCO[C@@H](C[C@H]2C=CCCN2C(=O)OCc2ccccc2)C1. The van der Waals surface area contributed by atoms with Crippen molar-refractivity contribution >= 4 is 12.1 Å². The van der Waals surface area contributed by atoms with Gasteiger partial charge in [-0.1, -0.05) is 48.6 Å². The molecule has 0 spiro atoms. The third-order valence-corrected chi connectivity index (χ3v) is 4.83. The van der Waals surface area contributed by atoms with Gasteiger partial charge < -0.3 is 19.1 Å². The van der Waals surface area contributed by atoms with Gasteiger partial charge in [0.15, 0.2) is 0 Å². The number of benzene rings is 1. The van der Waals surface area contributed by atoms with Crippen molar-refractivity contribution in [2.24, 2.45) is 0 Å². The molecule has 0 saturated heterocycles. The van der Waals surface area contributed by atoms with Crippen molar-refractivity contribution in [1.82, 2.24) is 4.90 Å². The van der Waals surface area contributed by atoms with Crippen LogP contribution in [-0.2, 0) is 25.6 Å². The Morgan fingerprint density at radius 2 is 2.00 bits per heavy atom. The van der Waals surface area contributed by atoms with Crippen LogP contribution in [0.25, 0.3) is 0 Å². The molecule has 28 heavy (non-hydrogen) atoms. The number of amides is 1. The number of hydrogen-bond donors (Lipinski definition) is 0. The van der Waals surface area contributed by atoms with E-state index in [1.807, 2.05) is 48.6 Å². The average molecular weight is 385 g/mol. The van der Waals surface area contributed by atoms with Crippen molar-refractivity contribution < 1.29 is 23.8 Å². The Morgan fingerprint density at radius 3 is 2.79 bits per heavy atom. The molecule has 1 aromatic rings. The summed E-state index contributed by atoms with van der Waals surface area (Å²) in [4.78, 5) is 25.7. The molecule has 0 bridgehead atoms. The predicted octanol–water partition coefficient (Wildman–Crippen LogP) is 3.62. The highest BCUT2D eigenvalue weighted by Crippen LogP contribution is 2.23. The van der Waals surface area contributed by atoms with Crippen LogP contribution in [0.4, 0.5) is 4.79 Å². The van der Waals surface area contributed by atoms with Gasteiger partial charge in [-0.15, -0.1) is 0 Å². The molecule has 0 fully saturated rings. The second-order valence-electron chi connectivity index (χ2n) is 7.02. The zero-order valence-electron chi connectivity index (χ0n) is 16.2.